The summed E-state index contributed by atoms with van der Waals surface area (Å²) >= 11 is 0. The first kappa shape index (κ1) is 18.0. The van der Waals surface area contributed by atoms with Gasteiger partial charge in [-0.3, -0.25) is 4.79 Å². The molecule has 1 aliphatic heterocycles. The Hall–Kier alpha value is -2.80. The van der Waals surface area contributed by atoms with Gasteiger partial charge in [0.15, 0.2) is 24.2 Å². The van der Waals surface area contributed by atoms with E-state index in [9.17, 15) is 18.4 Å². The maximum atomic E-state index is 13.3. The molecule has 0 bridgehead atoms. The topological polar surface area (TPSA) is 59.8 Å². The molecule has 1 aliphatic rings. The molecule has 0 aliphatic carbocycles. The molecule has 2 aromatic rings. The zero-order valence-corrected chi connectivity index (χ0v) is 14.2. The molecule has 0 radical (unpaired) electrons. The predicted molar refractivity (Wildman–Crippen MR) is 90.5 cm³/mol. The number of anilines is 1. The van der Waals surface area contributed by atoms with Crippen LogP contribution in [0.3, 0.4) is 0 Å². The monoisotopic (exact) mass is 361 g/mol. The second kappa shape index (κ2) is 7.61. The number of halogens is 2. The average Bonchev–Trinajstić information content (AvgIpc) is 2.63. The van der Waals surface area contributed by atoms with Crippen LogP contribution in [0.4, 0.5) is 14.5 Å². The molecular weight excluding hydrogens is 342 g/mol. The van der Waals surface area contributed by atoms with E-state index in [4.69, 9.17) is 4.74 Å². The Kier molecular flexibility index (Phi) is 5.27. The number of quaternary nitrogens is 1. The lowest BCUT2D eigenvalue weighted by molar-refractivity contribution is -0.924. The summed E-state index contributed by atoms with van der Waals surface area (Å²) in [7, 11) is 1.32. The Morgan fingerprint density at radius 3 is 2.58 bits per heavy atom. The highest BCUT2D eigenvalue weighted by atomic mass is 19.2. The van der Waals surface area contributed by atoms with Crippen molar-refractivity contribution in [3.05, 3.63) is 65.2 Å². The second-order valence-corrected chi connectivity index (χ2v) is 6.24. The van der Waals surface area contributed by atoms with Crippen LogP contribution < -0.4 is 10.2 Å². The number of carbonyl (C=O) groups excluding carboxylic acids is 2. The van der Waals surface area contributed by atoms with Crippen molar-refractivity contribution < 1.29 is 28.0 Å². The quantitative estimate of drug-likeness (QED) is 0.802. The summed E-state index contributed by atoms with van der Waals surface area (Å²) < 4.78 is 31.1. The van der Waals surface area contributed by atoms with E-state index in [1.807, 2.05) is 24.3 Å². The van der Waals surface area contributed by atoms with Gasteiger partial charge in [-0.15, -0.1) is 0 Å². The van der Waals surface area contributed by atoms with Crippen LogP contribution >= 0.6 is 0 Å². The van der Waals surface area contributed by atoms with Crippen molar-refractivity contribution in [2.24, 2.45) is 0 Å². The molecule has 7 heteroatoms. The van der Waals surface area contributed by atoms with Crippen molar-refractivity contribution in [2.45, 2.75) is 19.0 Å². The fourth-order valence-corrected chi connectivity index (χ4v) is 3.22. The summed E-state index contributed by atoms with van der Waals surface area (Å²) in [5, 5.41) is 2.54. The first-order valence-corrected chi connectivity index (χ1v) is 8.22. The van der Waals surface area contributed by atoms with E-state index < -0.39 is 17.7 Å². The minimum atomic E-state index is -1.03. The first-order chi connectivity index (χ1) is 12.5. The van der Waals surface area contributed by atoms with E-state index in [1.54, 1.807) is 0 Å². The highest BCUT2D eigenvalue weighted by Gasteiger charge is 2.37. The second-order valence-electron chi connectivity index (χ2n) is 6.24. The minimum absolute atomic E-state index is 0.00704. The number of rotatable bonds is 4. The number of amides is 1. The van der Waals surface area contributed by atoms with Crippen molar-refractivity contribution >= 4 is 17.6 Å². The van der Waals surface area contributed by atoms with Crippen molar-refractivity contribution in [1.29, 1.82) is 0 Å². The molecule has 1 amide bonds. The number of hydrogen-bond donors (Lipinski definition) is 2. The third-order valence-electron chi connectivity index (χ3n) is 4.53. The Morgan fingerprint density at radius 2 is 1.88 bits per heavy atom. The average molecular weight is 361 g/mol. The molecule has 0 aromatic heterocycles. The van der Waals surface area contributed by atoms with Gasteiger partial charge >= 0.3 is 5.97 Å². The maximum Gasteiger partial charge on any atom is 0.365 e. The molecule has 2 N–H and O–H groups in total. The van der Waals surface area contributed by atoms with Gasteiger partial charge in [-0.2, -0.15) is 0 Å². The van der Waals surface area contributed by atoms with Gasteiger partial charge in [-0.05, 0) is 17.7 Å². The summed E-state index contributed by atoms with van der Waals surface area (Å²) in [5.41, 5.74) is 2.30. The van der Waals surface area contributed by atoms with E-state index in [1.165, 1.54) is 13.2 Å². The molecule has 2 atom stereocenters. The summed E-state index contributed by atoms with van der Waals surface area (Å²) in [6.45, 7) is 0.508. The molecule has 1 heterocycles. The van der Waals surface area contributed by atoms with Crippen LogP contribution in [0.1, 0.15) is 11.1 Å². The van der Waals surface area contributed by atoms with Gasteiger partial charge in [0.2, 0.25) is 0 Å². The largest absolute Gasteiger partial charge is 0.465 e. The summed E-state index contributed by atoms with van der Waals surface area (Å²) in [6, 6.07) is 10.4. The van der Waals surface area contributed by atoms with Gasteiger partial charge in [0.1, 0.15) is 6.54 Å². The van der Waals surface area contributed by atoms with E-state index in [0.717, 1.165) is 28.2 Å². The highest BCUT2D eigenvalue weighted by molar-refractivity contribution is 5.91. The number of benzene rings is 2. The van der Waals surface area contributed by atoms with Gasteiger partial charge in [-0.1, -0.05) is 24.3 Å². The lowest BCUT2D eigenvalue weighted by Crippen LogP contribution is -3.17. The van der Waals surface area contributed by atoms with Gasteiger partial charge < -0.3 is 15.0 Å². The standard InChI is InChI=1S/C19H18F2N2O3/c1-26-19(25)17-8-12-4-2-3-5-13(12)10-23(17)11-18(24)22-14-6-7-15(20)16(21)9-14/h2-7,9,17H,8,10-11H2,1H3,(H,22,24)/p+1/t17-/m0/s1. The van der Waals surface area contributed by atoms with Crippen molar-refractivity contribution in [2.75, 3.05) is 19.0 Å². The van der Waals surface area contributed by atoms with Crippen LogP contribution in [-0.2, 0) is 27.3 Å². The summed E-state index contributed by atoms with van der Waals surface area (Å²) in [5.74, 6) is -2.78. The molecule has 0 spiro atoms. The van der Waals surface area contributed by atoms with Crippen molar-refractivity contribution in [3.8, 4) is 0 Å². The Balaban J connectivity index is 1.74. The lowest BCUT2D eigenvalue weighted by Gasteiger charge is -2.31. The molecular formula is C19H19F2N2O3+. The first-order valence-electron chi connectivity index (χ1n) is 8.22. The number of ether oxygens (including phenoxy) is 1. The van der Waals surface area contributed by atoms with Gasteiger partial charge in [0, 0.05) is 23.7 Å². The van der Waals surface area contributed by atoms with Gasteiger partial charge in [0.05, 0.1) is 7.11 Å². The molecule has 1 unspecified atom stereocenters. The Morgan fingerprint density at radius 1 is 1.15 bits per heavy atom. The van der Waals surface area contributed by atoms with Crippen LogP contribution in [0, 0.1) is 11.6 Å². The van der Waals surface area contributed by atoms with Crippen LogP contribution in [0.2, 0.25) is 0 Å². The normalized spacial score (nSPS) is 18.7. The highest BCUT2D eigenvalue weighted by Crippen LogP contribution is 2.15. The molecule has 0 saturated carbocycles. The van der Waals surface area contributed by atoms with Crippen LogP contribution in [0.15, 0.2) is 42.5 Å². The smallest absolute Gasteiger partial charge is 0.365 e. The van der Waals surface area contributed by atoms with Crippen LogP contribution in [-0.4, -0.2) is 31.6 Å². The molecule has 5 nitrogen and oxygen atoms in total. The van der Waals surface area contributed by atoms with Crippen molar-refractivity contribution in [1.82, 2.24) is 0 Å². The minimum Gasteiger partial charge on any atom is -0.465 e. The SMILES string of the molecule is COC(=O)[C@@H]1Cc2ccccc2C[NH+]1CC(=O)Nc1ccc(F)c(F)c1. The Labute approximate surface area is 149 Å². The third-order valence-corrected chi connectivity index (χ3v) is 4.53. The fraction of sp³-hybridized carbons (Fsp3) is 0.263. The molecule has 0 fully saturated rings. The van der Waals surface area contributed by atoms with Gasteiger partial charge in [-0.25, -0.2) is 13.6 Å². The van der Waals surface area contributed by atoms with E-state index in [0.29, 0.717) is 13.0 Å². The zero-order chi connectivity index (χ0) is 18.7. The van der Waals surface area contributed by atoms with E-state index in [2.05, 4.69) is 5.32 Å². The molecule has 136 valence electrons. The number of esters is 1. The number of fused-ring (bicyclic) bond motifs is 1. The summed E-state index contributed by atoms with van der Waals surface area (Å²) in [6.07, 6.45) is 0.483. The van der Waals surface area contributed by atoms with E-state index in [-0.39, 0.29) is 24.1 Å². The predicted octanol–water partition coefficient (Wildman–Crippen LogP) is 1.09. The van der Waals surface area contributed by atoms with Gasteiger partial charge in [0.25, 0.3) is 5.91 Å². The molecule has 3 rings (SSSR count). The fourth-order valence-electron chi connectivity index (χ4n) is 3.22. The summed E-state index contributed by atoms with van der Waals surface area (Å²) in [4.78, 5) is 25.2. The number of carbonyl (C=O) groups is 2. The van der Waals surface area contributed by atoms with Crippen LogP contribution in [0.5, 0.6) is 0 Å². The number of hydrogen-bond acceptors (Lipinski definition) is 3. The lowest BCUT2D eigenvalue weighted by atomic mass is 9.94. The Bertz CT molecular complexity index is 841. The molecule has 0 saturated heterocycles. The maximum absolute atomic E-state index is 13.3. The number of methoxy groups -OCH3 is 1. The third kappa shape index (κ3) is 3.88. The number of nitrogens with one attached hydrogen (secondary N) is 2. The molecule has 2 aromatic carbocycles. The van der Waals surface area contributed by atoms with E-state index >= 15 is 0 Å². The van der Waals surface area contributed by atoms with Crippen molar-refractivity contribution in [3.63, 3.8) is 0 Å². The zero-order valence-electron chi connectivity index (χ0n) is 14.2. The van der Waals surface area contributed by atoms with Crippen LogP contribution in [0.25, 0.3) is 0 Å². The molecule has 26 heavy (non-hydrogen) atoms.